The van der Waals surface area contributed by atoms with Gasteiger partial charge >= 0.3 is 6.09 Å². The molecule has 3 aliphatic rings. The molecule has 13 heteroatoms. The third kappa shape index (κ3) is 6.20. The van der Waals surface area contributed by atoms with Crippen molar-refractivity contribution in [2.45, 2.75) is 75.0 Å². The lowest BCUT2D eigenvalue weighted by Crippen LogP contribution is -2.56. The normalized spacial score (nSPS) is 25.9. The van der Waals surface area contributed by atoms with Crippen LogP contribution in [0, 0.1) is 5.92 Å². The van der Waals surface area contributed by atoms with Gasteiger partial charge in [0.05, 0.1) is 11.8 Å². The average Bonchev–Trinajstić information content (AvgIpc) is 3.80. The fourth-order valence-electron chi connectivity index (χ4n) is 5.04. The molecule has 1 aliphatic heterocycles. The summed E-state index contributed by atoms with van der Waals surface area (Å²) in [5.74, 6) is -1.52. The van der Waals surface area contributed by atoms with Crippen molar-refractivity contribution >= 4 is 54.6 Å². The molecule has 11 nitrogen and oxygen atoms in total. The number of pyridine rings is 1. The molecule has 1 saturated heterocycles. The third-order valence-electron chi connectivity index (χ3n) is 7.41. The van der Waals surface area contributed by atoms with Crippen molar-refractivity contribution in [3.05, 3.63) is 47.6 Å². The van der Waals surface area contributed by atoms with Gasteiger partial charge < -0.3 is 14.8 Å². The Hall–Kier alpha value is -3.19. The van der Waals surface area contributed by atoms with Crippen molar-refractivity contribution in [2.75, 3.05) is 6.54 Å². The van der Waals surface area contributed by atoms with E-state index in [-0.39, 0.29) is 19.4 Å². The van der Waals surface area contributed by atoms with Crippen LogP contribution in [0.1, 0.15) is 46.5 Å². The zero-order valence-electron chi connectivity index (χ0n) is 23.1. The Morgan fingerprint density at radius 2 is 1.95 bits per heavy atom. The quantitative estimate of drug-likeness (QED) is 0.414. The van der Waals surface area contributed by atoms with Crippen LogP contribution in [0.5, 0.6) is 5.88 Å². The number of rotatable bonds is 8. The Bertz CT molecular complexity index is 1520. The summed E-state index contributed by atoms with van der Waals surface area (Å²) < 4.78 is 39.7. The van der Waals surface area contributed by atoms with Crippen molar-refractivity contribution in [3.63, 3.8) is 0 Å². The molecule has 3 fully saturated rings. The largest absolute Gasteiger partial charge is 0.472 e. The molecule has 2 heterocycles. The van der Waals surface area contributed by atoms with Gasteiger partial charge in [0.25, 0.3) is 5.91 Å². The molecule has 2 aromatic rings. The Morgan fingerprint density at radius 1 is 1.22 bits per heavy atom. The SMILES string of the molecule is C=CC1CC1(NC(=O)C1CC(Oc2nccc3ccc(Br)cc23)CN1C(=O)OC(C)(C)C)C(=O)NS(=O)(=O)C1CC1. The first-order chi connectivity index (χ1) is 19.2. The van der Waals surface area contributed by atoms with E-state index in [1.807, 2.05) is 24.3 Å². The number of nitrogens with zero attached hydrogens (tertiary/aromatic N) is 2. The highest BCUT2D eigenvalue weighted by Crippen LogP contribution is 2.45. The van der Waals surface area contributed by atoms with Crippen LogP contribution in [-0.4, -0.2) is 71.3 Å². The molecular weight excluding hydrogens is 616 g/mol. The molecule has 1 aromatic carbocycles. The van der Waals surface area contributed by atoms with E-state index in [0.29, 0.717) is 18.7 Å². The maximum atomic E-state index is 13.7. The van der Waals surface area contributed by atoms with Crippen LogP contribution in [0.25, 0.3) is 10.8 Å². The summed E-state index contributed by atoms with van der Waals surface area (Å²) in [4.78, 5) is 45.7. The molecule has 3 amide bonds. The van der Waals surface area contributed by atoms with Crippen LogP contribution in [0.3, 0.4) is 0 Å². The predicted molar refractivity (Wildman–Crippen MR) is 154 cm³/mol. The minimum Gasteiger partial charge on any atom is -0.472 e. The highest BCUT2D eigenvalue weighted by Gasteiger charge is 2.62. The van der Waals surface area contributed by atoms with Gasteiger partial charge in [0.1, 0.15) is 23.3 Å². The van der Waals surface area contributed by atoms with Crippen molar-refractivity contribution in [2.24, 2.45) is 5.92 Å². The summed E-state index contributed by atoms with van der Waals surface area (Å²) in [6.07, 6.45) is 3.11. The number of halogens is 1. The Morgan fingerprint density at radius 3 is 2.59 bits per heavy atom. The standard InChI is InChI=1S/C28H33BrN4O7S/c1-5-17-14-28(17,25(35)32-41(37,38)20-8-9-20)31-23(34)22-13-19(15-33(22)26(36)40-27(2,3)4)39-24-21-12-18(29)7-6-16(21)10-11-30-24/h5-7,10-12,17,19-20,22H,1,8-9,13-15H2,2-4H3,(H,31,34)(H,32,35). The smallest absolute Gasteiger partial charge is 0.411 e. The minimum atomic E-state index is -3.82. The summed E-state index contributed by atoms with van der Waals surface area (Å²) in [5, 5.41) is 3.82. The number of carbonyl (C=O) groups is 3. The molecule has 220 valence electrons. The zero-order chi connectivity index (χ0) is 29.7. The first kappa shape index (κ1) is 29.3. The van der Waals surface area contributed by atoms with Crippen molar-refractivity contribution in [1.82, 2.24) is 19.9 Å². The second kappa shape index (κ2) is 10.6. The van der Waals surface area contributed by atoms with Crippen molar-refractivity contribution in [1.29, 1.82) is 0 Å². The number of amides is 3. The number of sulfonamides is 1. The first-order valence-electron chi connectivity index (χ1n) is 13.4. The van der Waals surface area contributed by atoms with Gasteiger partial charge in [-0.15, -0.1) is 6.58 Å². The summed E-state index contributed by atoms with van der Waals surface area (Å²) in [5.41, 5.74) is -2.29. The summed E-state index contributed by atoms with van der Waals surface area (Å²) in [7, 11) is -3.82. The van der Waals surface area contributed by atoms with E-state index in [1.54, 1.807) is 27.0 Å². The lowest BCUT2D eigenvalue weighted by Gasteiger charge is -2.29. The van der Waals surface area contributed by atoms with Crippen LogP contribution >= 0.6 is 15.9 Å². The van der Waals surface area contributed by atoms with Crippen LogP contribution in [0.2, 0.25) is 0 Å². The number of benzene rings is 1. The lowest BCUT2D eigenvalue weighted by atomic mass is 10.1. The zero-order valence-corrected chi connectivity index (χ0v) is 25.5. The van der Waals surface area contributed by atoms with E-state index in [4.69, 9.17) is 9.47 Å². The van der Waals surface area contributed by atoms with Gasteiger partial charge in [-0.1, -0.05) is 28.1 Å². The fourth-order valence-corrected chi connectivity index (χ4v) is 6.76. The number of nitrogens with one attached hydrogen (secondary N) is 2. The molecule has 4 unspecified atom stereocenters. The van der Waals surface area contributed by atoms with Crippen LogP contribution in [0.4, 0.5) is 4.79 Å². The van der Waals surface area contributed by atoms with Gasteiger partial charge in [0, 0.05) is 28.4 Å². The maximum Gasteiger partial charge on any atom is 0.411 e. The lowest BCUT2D eigenvalue weighted by molar-refractivity contribution is -0.131. The molecule has 2 aliphatic carbocycles. The molecule has 0 bridgehead atoms. The molecule has 41 heavy (non-hydrogen) atoms. The van der Waals surface area contributed by atoms with E-state index in [2.05, 4.69) is 37.5 Å². The molecule has 0 radical (unpaired) electrons. The Balaban J connectivity index is 1.38. The second-order valence-corrected chi connectivity index (χ2v) is 14.7. The van der Waals surface area contributed by atoms with Crippen LogP contribution in [0.15, 0.2) is 47.6 Å². The summed E-state index contributed by atoms with van der Waals surface area (Å²) >= 11 is 3.47. The molecular formula is C28H33BrN4O7S. The monoisotopic (exact) mass is 648 g/mol. The van der Waals surface area contributed by atoms with Gasteiger partial charge in [-0.25, -0.2) is 18.2 Å². The fraction of sp³-hybridized carbons (Fsp3) is 0.500. The average molecular weight is 650 g/mol. The number of fused-ring (bicyclic) bond motifs is 1. The minimum absolute atomic E-state index is 0.0409. The van der Waals surface area contributed by atoms with Gasteiger partial charge in [0.2, 0.25) is 21.8 Å². The van der Waals surface area contributed by atoms with Gasteiger partial charge in [0.15, 0.2) is 0 Å². The van der Waals surface area contributed by atoms with E-state index in [0.717, 1.165) is 15.2 Å². The highest BCUT2D eigenvalue weighted by atomic mass is 79.9. The first-order valence-corrected chi connectivity index (χ1v) is 15.8. The van der Waals surface area contributed by atoms with E-state index >= 15 is 0 Å². The maximum absolute atomic E-state index is 13.7. The second-order valence-electron chi connectivity index (χ2n) is 11.8. The number of carbonyl (C=O) groups excluding carboxylic acids is 3. The van der Waals surface area contributed by atoms with E-state index in [9.17, 15) is 22.8 Å². The number of aromatic nitrogens is 1. The molecule has 2 saturated carbocycles. The predicted octanol–water partition coefficient (Wildman–Crippen LogP) is 3.42. The van der Waals surface area contributed by atoms with E-state index in [1.165, 1.54) is 11.0 Å². The molecule has 0 spiro atoms. The Labute approximate surface area is 247 Å². The third-order valence-corrected chi connectivity index (χ3v) is 9.72. The number of likely N-dealkylation sites (tertiary alicyclic amines) is 1. The Kier molecular flexibility index (Phi) is 7.56. The number of hydrogen-bond donors (Lipinski definition) is 2. The van der Waals surface area contributed by atoms with Gasteiger partial charge in [-0.3, -0.25) is 19.2 Å². The van der Waals surface area contributed by atoms with Crippen LogP contribution in [-0.2, 0) is 24.3 Å². The van der Waals surface area contributed by atoms with Gasteiger partial charge in [-0.2, -0.15) is 0 Å². The van der Waals surface area contributed by atoms with Crippen molar-refractivity contribution in [3.8, 4) is 5.88 Å². The summed E-state index contributed by atoms with van der Waals surface area (Å²) in [6, 6.07) is 6.52. The topological polar surface area (TPSA) is 144 Å². The van der Waals surface area contributed by atoms with Crippen molar-refractivity contribution < 1.29 is 32.3 Å². The summed E-state index contributed by atoms with van der Waals surface area (Å²) in [6.45, 7) is 8.94. The van der Waals surface area contributed by atoms with E-state index < -0.39 is 62.4 Å². The van der Waals surface area contributed by atoms with Gasteiger partial charge in [-0.05, 0) is 63.6 Å². The molecule has 4 atom stereocenters. The molecule has 1 aromatic heterocycles. The molecule has 2 N–H and O–H groups in total. The highest BCUT2D eigenvalue weighted by molar-refractivity contribution is 9.10. The number of hydrogen-bond acceptors (Lipinski definition) is 8. The number of ether oxygens (including phenoxy) is 2. The molecule has 5 rings (SSSR count). The van der Waals surface area contributed by atoms with Crippen LogP contribution < -0.4 is 14.8 Å².